The number of pyridine rings is 1. The Labute approximate surface area is 116 Å². The van der Waals surface area contributed by atoms with Crippen molar-refractivity contribution in [2.24, 2.45) is 5.92 Å². The molecular formula is C16H25N3. The first kappa shape index (κ1) is 13.1. The molecular weight excluding hydrogens is 234 g/mol. The minimum absolute atomic E-state index is 0.689. The highest BCUT2D eigenvalue weighted by Crippen LogP contribution is 2.28. The predicted octanol–water partition coefficient (Wildman–Crippen LogP) is 2.39. The third-order valence-electron chi connectivity index (χ3n) is 4.71. The Balaban J connectivity index is 1.73. The summed E-state index contributed by atoms with van der Waals surface area (Å²) in [5, 5.41) is 0. The highest BCUT2D eigenvalue weighted by Gasteiger charge is 2.37. The van der Waals surface area contributed by atoms with Crippen LogP contribution < -0.4 is 0 Å². The molecule has 2 aliphatic rings. The molecule has 0 aromatic carbocycles. The van der Waals surface area contributed by atoms with Gasteiger partial charge in [-0.3, -0.25) is 14.8 Å². The van der Waals surface area contributed by atoms with Crippen molar-refractivity contribution >= 4 is 0 Å². The van der Waals surface area contributed by atoms with Gasteiger partial charge in [-0.15, -0.1) is 0 Å². The van der Waals surface area contributed by atoms with Gasteiger partial charge >= 0.3 is 0 Å². The predicted molar refractivity (Wildman–Crippen MR) is 77.9 cm³/mol. The van der Waals surface area contributed by atoms with Crippen molar-refractivity contribution in [3.8, 4) is 0 Å². The summed E-state index contributed by atoms with van der Waals surface area (Å²) in [7, 11) is 0. The molecule has 0 radical (unpaired) electrons. The number of nitrogens with zero attached hydrogens (tertiary/aromatic N) is 3. The van der Waals surface area contributed by atoms with Gasteiger partial charge in [-0.2, -0.15) is 0 Å². The van der Waals surface area contributed by atoms with E-state index in [0.29, 0.717) is 6.04 Å². The maximum absolute atomic E-state index is 4.25. The lowest BCUT2D eigenvalue weighted by Crippen LogP contribution is -2.57. The zero-order chi connectivity index (χ0) is 13.2. The largest absolute Gasteiger partial charge is 0.298 e. The molecule has 2 unspecified atom stereocenters. The zero-order valence-electron chi connectivity index (χ0n) is 12.1. The Morgan fingerprint density at radius 3 is 3.00 bits per heavy atom. The Kier molecular flexibility index (Phi) is 3.85. The first-order valence-electron chi connectivity index (χ1n) is 7.61. The van der Waals surface area contributed by atoms with E-state index in [-0.39, 0.29) is 0 Å². The number of fused-ring (bicyclic) bond motifs is 1. The molecule has 104 valence electrons. The Morgan fingerprint density at radius 1 is 1.37 bits per heavy atom. The number of piperazine rings is 1. The molecule has 0 saturated carbocycles. The molecule has 3 nitrogen and oxygen atoms in total. The fourth-order valence-electron chi connectivity index (χ4n) is 3.64. The van der Waals surface area contributed by atoms with Crippen LogP contribution in [0.4, 0.5) is 0 Å². The van der Waals surface area contributed by atoms with E-state index in [1.54, 1.807) is 0 Å². The maximum atomic E-state index is 4.25. The van der Waals surface area contributed by atoms with Crippen molar-refractivity contribution in [2.45, 2.75) is 45.3 Å². The molecule has 3 rings (SSSR count). The fraction of sp³-hybridized carbons (Fsp3) is 0.688. The Bertz CT molecular complexity index is 404. The maximum Gasteiger partial charge on any atom is 0.0312 e. The van der Waals surface area contributed by atoms with Crippen LogP contribution in [0.2, 0.25) is 0 Å². The van der Waals surface area contributed by atoms with E-state index in [2.05, 4.69) is 34.7 Å². The topological polar surface area (TPSA) is 19.4 Å². The summed E-state index contributed by atoms with van der Waals surface area (Å²) in [6.07, 6.45) is 6.64. The van der Waals surface area contributed by atoms with Gasteiger partial charge in [-0.1, -0.05) is 19.9 Å². The van der Waals surface area contributed by atoms with E-state index in [9.17, 15) is 0 Å². The second-order valence-corrected chi connectivity index (χ2v) is 6.39. The molecule has 0 amide bonds. The van der Waals surface area contributed by atoms with Crippen LogP contribution in [0.3, 0.4) is 0 Å². The lowest BCUT2D eigenvalue weighted by Gasteiger charge is -2.45. The Hall–Kier alpha value is -0.930. The summed E-state index contributed by atoms with van der Waals surface area (Å²) >= 11 is 0. The molecule has 0 aliphatic carbocycles. The highest BCUT2D eigenvalue weighted by atomic mass is 15.3. The number of rotatable bonds is 3. The van der Waals surface area contributed by atoms with E-state index in [1.807, 2.05) is 18.5 Å². The van der Waals surface area contributed by atoms with Crippen LogP contribution in [0, 0.1) is 5.92 Å². The van der Waals surface area contributed by atoms with Crippen LogP contribution in [0.15, 0.2) is 24.5 Å². The molecule has 3 heterocycles. The minimum Gasteiger partial charge on any atom is -0.298 e. The molecule has 0 N–H and O–H groups in total. The Morgan fingerprint density at radius 2 is 2.26 bits per heavy atom. The van der Waals surface area contributed by atoms with E-state index in [1.165, 1.54) is 38.0 Å². The van der Waals surface area contributed by atoms with Crippen molar-refractivity contribution in [3.05, 3.63) is 30.1 Å². The SMILES string of the molecule is CC(C)C1CN2CCCC2CN1Cc1cccnc1. The monoisotopic (exact) mass is 259 g/mol. The standard InChI is InChI=1S/C16H25N3/c1-13(2)16-12-18-8-4-6-15(18)11-19(16)10-14-5-3-7-17-9-14/h3,5,7,9,13,15-16H,4,6,8,10-12H2,1-2H3. The van der Waals surface area contributed by atoms with E-state index in [4.69, 9.17) is 0 Å². The minimum atomic E-state index is 0.689. The van der Waals surface area contributed by atoms with E-state index >= 15 is 0 Å². The summed E-state index contributed by atoms with van der Waals surface area (Å²) in [4.78, 5) is 9.65. The zero-order valence-corrected chi connectivity index (χ0v) is 12.1. The molecule has 2 atom stereocenters. The van der Waals surface area contributed by atoms with Gasteiger partial charge in [0.15, 0.2) is 0 Å². The van der Waals surface area contributed by atoms with Gasteiger partial charge in [0.1, 0.15) is 0 Å². The molecule has 0 spiro atoms. The van der Waals surface area contributed by atoms with Crippen molar-refractivity contribution in [2.75, 3.05) is 19.6 Å². The van der Waals surface area contributed by atoms with Crippen LogP contribution in [0.25, 0.3) is 0 Å². The van der Waals surface area contributed by atoms with Gasteiger partial charge in [0.05, 0.1) is 0 Å². The summed E-state index contributed by atoms with van der Waals surface area (Å²) in [5.74, 6) is 0.721. The van der Waals surface area contributed by atoms with Crippen molar-refractivity contribution < 1.29 is 0 Å². The van der Waals surface area contributed by atoms with Gasteiger partial charge < -0.3 is 0 Å². The van der Waals surface area contributed by atoms with Crippen LogP contribution in [0.5, 0.6) is 0 Å². The van der Waals surface area contributed by atoms with Gasteiger partial charge in [-0.25, -0.2) is 0 Å². The summed E-state index contributed by atoms with van der Waals surface area (Å²) in [6.45, 7) is 9.57. The van der Waals surface area contributed by atoms with Gasteiger partial charge in [0.25, 0.3) is 0 Å². The van der Waals surface area contributed by atoms with E-state index < -0.39 is 0 Å². The summed E-state index contributed by atoms with van der Waals surface area (Å²) in [6, 6.07) is 5.73. The van der Waals surface area contributed by atoms with E-state index in [0.717, 1.165) is 18.5 Å². The molecule has 0 bridgehead atoms. The van der Waals surface area contributed by atoms with Crippen LogP contribution in [-0.4, -0.2) is 46.5 Å². The smallest absolute Gasteiger partial charge is 0.0312 e. The number of hydrogen-bond acceptors (Lipinski definition) is 3. The van der Waals surface area contributed by atoms with Crippen LogP contribution >= 0.6 is 0 Å². The van der Waals surface area contributed by atoms with Crippen LogP contribution in [0.1, 0.15) is 32.3 Å². The molecule has 1 aromatic rings. The quantitative estimate of drug-likeness (QED) is 0.831. The third kappa shape index (κ3) is 2.82. The molecule has 3 heteroatoms. The fourth-order valence-corrected chi connectivity index (χ4v) is 3.64. The molecule has 2 saturated heterocycles. The van der Waals surface area contributed by atoms with Gasteiger partial charge in [0, 0.05) is 44.1 Å². The first-order chi connectivity index (χ1) is 9.24. The molecule has 2 aliphatic heterocycles. The average molecular weight is 259 g/mol. The van der Waals surface area contributed by atoms with Crippen molar-refractivity contribution in [1.29, 1.82) is 0 Å². The second kappa shape index (κ2) is 5.59. The third-order valence-corrected chi connectivity index (χ3v) is 4.71. The lowest BCUT2D eigenvalue weighted by atomic mass is 9.97. The molecule has 1 aromatic heterocycles. The molecule has 19 heavy (non-hydrogen) atoms. The summed E-state index contributed by atoms with van der Waals surface area (Å²) < 4.78 is 0. The molecule has 2 fully saturated rings. The number of hydrogen-bond donors (Lipinski definition) is 0. The van der Waals surface area contributed by atoms with Crippen molar-refractivity contribution in [1.82, 2.24) is 14.8 Å². The van der Waals surface area contributed by atoms with Crippen molar-refractivity contribution in [3.63, 3.8) is 0 Å². The van der Waals surface area contributed by atoms with Crippen LogP contribution in [-0.2, 0) is 6.54 Å². The summed E-state index contributed by atoms with van der Waals surface area (Å²) in [5.41, 5.74) is 1.35. The second-order valence-electron chi connectivity index (χ2n) is 6.39. The lowest BCUT2D eigenvalue weighted by molar-refractivity contribution is 0.0239. The van der Waals surface area contributed by atoms with Gasteiger partial charge in [-0.05, 0) is 36.9 Å². The average Bonchev–Trinajstić information content (AvgIpc) is 2.86. The first-order valence-corrected chi connectivity index (χ1v) is 7.61. The van der Waals surface area contributed by atoms with Gasteiger partial charge in [0.2, 0.25) is 0 Å². The number of aromatic nitrogens is 1. The highest BCUT2D eigenvalue weighted by molar-refractivity contribution is 5.09. The normalized spacial score (nSPS) is 28.8.